The number of hydrogen-bond acceptors (Lipinski definition) is 3. The number of amides is 2. The third-order valence-electron chi connectivity index (χ3n) is 2.88. The Morgan fingerprint density at radius 2 is 1.43 bits per heavy atom. The van der Waals surface area contributed by atoms with Gasteiger partial charge in [0.15, 0.2) is 0 Å². The van der Waals surface area contributed by atoms with E-state index in [1.165, 1.54) is 41.9 Å². The highest BCUT2D eigenvalue weighted by Crippen LogP contribution is 2.06. The number of benzene rings is 2. The van der Waals surface area contributed by atoms with Crippen LogP contribution in [0.25, 0.3) is 0 Å². The van der Waals surface area contributed by atoms with Gasteiger partial charge in [0.1, 0.15) is 5.82 Å². The van der Waals surface area contributed by atoms with E-state index >= 15 is 0 Å². The molecule has 0 heterocycles. The van der Waals surface area contributed by atoms with Crippen molar-refractivity contribution in [3.63, 3.8) is 0 Å². The van der Waals surface area contributed by atoms with Crippen LogP contribution in [-0.4, -0.2) is 17.0 Å². The summed E-state index contributed by atoms with van der Waals surface area (Å²) < 4.78 is 12.7. The lowest BCUT2D eigenvalue weighted by Gasteiger charge is -2.06. The van der Waals surface area contributed by atoms with Crippen molar-refractivity contribution in [1.82, 2.24) is 10.8 Å². The molecule has 0 spiro atoms. The van der Waals surface area contributed by atoms with E-state index in [2.05, 4.69) is 5.32 Å². The van der Waals surface area contributed by atoms with E-state index < -0.39 is 5.91 Å². The first-order chi connectivity index (χ1) is 10.1. The molecule has 108 valence electrons. The Kier molecular flexibility index (Phi) is 4.63. The number of carbonyl (C=O) groups is 2. The molecule has 0 bridgehead atoms. The molecule has 5 nitrogen and oxygen atoms in total. The van der Waals surface area contributed by atoms with Crippen LogP contribution in [0.3, 0.4) is 0 Å². The first kappa shape index (κ1) is 14.7. The Labute approximate surface area is 120 Å². The summed E-state index contributed by atoms with van der Waals surface area (Å²) in [4.78, 5) is 23.0. The van der Waals surface area contributed by atoms with Crippen LogP contribution in [0.1, 0.15) is 26.3 Å². The van der Waals surface area contributed by atoms with Crippen LogP contribution < -0.4 is 10.8 Å². The molecule has 6 heteroatoms. The van der Waals surface area contributed by atoms with E-state index in [1.807, 2.05) is 0 Å². The zero-order valence-corrected chi connectivity index (χ0v) is 11.0. The second-order valence-electron chi connectivity index (χ2n) is 4.33. The minimum absolute atomic E-state index is 0.243. The summed E-state index contributed by atoms with van der Waals surface area (Å²) in [6.45, 7) is 0.276. The Hall–Kier alpha value is -2.73. The van der Waals surface area contributed by atoms with Crippen LogP contribution in [0.15, 0.2) is 48.5 Å². The van der Waals surface area contributed by atoms with Crippen LogP contribution in [0.5, 0.6) is 0 Å². The molecule has 0 radical (unpaired) electrons. The zero-order valence-electron chi connectivity index (χ0n) is 11.0. The average molecular weight is 288 g/mol. The molecule has 2 rings (SSSR count). The number of carbonyl (C=O) groups excluding carboxylic acids is 2. The van der Waals surface area contributed by atoms with Crippen molar-refractivity contribution >= 4 is 11.8 Å². The summed E-state index contributed by atoms with van der Waals surface area (Å²) in [5, 5.41) is 11.2. The smallest absolute Gasteiger partial charge is 0.274 e. The highest BCUT2D eigenvalue weighted by Gasteiger charge is 2.08. The number of nitrogens with one attached hydrogen (secondary N) is 2. The van der Waals surface area contributed by atoms with Gasteiger partial charge in [0.05, 0.1) is 0 Å². The quantitative estimate of drug-likeness (QED) is 0.593. The normalized spacial score (nSPS) is 10.0. The lowest BCUT2D eigenvalue weighted by Crippen LogP contribution is -2.23. The third kappa shape index (κ3) is 3.87. The predicted molar refractivity (Wildman–Crippen MR) is 73.3 cm³/mol. The Morgan fingerprint density at radius 1 is 0.905 bits per heavy atom. The van der Waals surface area contributed by atoms with Crippen LogP contribution in [-0.2, 0) is 6.54 Å². The predicted octanol–water partition coefficient (Wildman–Crippen LogP) is 1.87. The maximum Gasteiger partial charge on any atom is 0.274 e. The molecule has 2 aromatic carbocycles. The van der Waals surface area contributed by atoms with E-state index in [1.54, 1.807) is 12.1 Å². The van der Waals surface area contributed by atoms with Crippen molar-refractivity contribution < 1.29 is 19.2 Å². The standard InChI is InChI=1S/C15H13FN2O3/c16-13-7-1-10(2-8-13)9-17-14(19)11-3-5-12(6-4-11)15(20)18-21/h1-8,21H,9H2,(H,17,19)(H,18,20). The SMILES string of the molecule is O=C(NO)c1ccc(C(=O)NCc2ccc(F)cc2)cc1. The Morgan fingerprint density at radius 3 is 1.95 bits per heavy atom. The molecule has 2 aromatic rings. The maximum absolute atomic E-state index is 12.7. The number of hydrogen-bond donors (Lipinski definition) is 3. The van der Waals surface area contributed by atoms with Gasteiger partial charge in [0.25, 0.3) is 11.8 Å². The fourth-order valence-electron chi connectivity index (χ4n) is 1.72. The zero-order chi connectivity index (χ0) is 15.2. The van der Waals surface area contributed by atoms with Gasteiger partial charge in [-0.3, -0.25) is 14.8 Å². The molecule has 0 saturated heterocycles. The average Bonchev–Trinajstić information content (AvgIpc) is 2.53. The monoisotopic (exact) mass is 288 g/mol. The Balaban J connectivity index is 1.97. The molecule has 0 fully saturated rings. The molecule has 0 atom stereocenters. The van der Waals surface area contributed by atoms with E-state index in [9.17, 15) is 14.0 Å². The van der Waals surface area contributed by atoms with Crippen molar-refractivity contribution in [2.24, 2.45) is 0 Å². The van der Waals surface area contributed by atoms with Crippen molar-refractivity contribution in [2.45, 2.75) is 6.54 Å². The summed E-state index contributed by atoms with van der Waals surface area (Å²) in [6.07, 6.45) is 0. The van der Waals surface area contributed by atoms with Gasteiger partial charge in [-0.25, -0.2) is 9.87 Å². The minimum atomic E-state index is -0.645. The van der Waals surface area contributed by atoms with E-state index in [0.717, 1.165) is 5.56 Å². The van der Waals surface area contributed by atoms with Crippen LogP contribution in [0, 0.1) is 5.82 Å². The van der Waals surface area contributed by atoms with Gasteiger partial charge in [-0.15, -0.1) is 0 Å². The van der Waals surface area contributed by atoms with Gasteiger partial charge in [-0.1, -0.05) is 12.1 Å². The fourth-order valence-corrected chi connectivity index (χ4v) is 1.72. The first-order valence-electron chi connectivity index (χ1n) is 6.17. The number of hydroxylamine groups is 1. The lowest BCUT2D eigenvalue weighted by molar-refractivity contribution is 0.0706. The molecule has 0 aliphatic carbocycles. The highest BCUT2D eigenvalue weighted by atomic mass is 19.1. The van der Waals surface area contributed by atoms with Crippen LogP contribution >= 0.6 is 0 Å². The molecule has 0 aromatic heterocycles. The summed E-state index contributed by atoms with van der Waals surface area (Å²) in [6, 6.07) is 11.6. The fraction of sp³-hybridized carbons (Fsp3) is 0.0667. The number of rotatable bonds is 4. The molecular formula is C15H13FN2O3. The van der Waals surface area contributed by atoms with Crippen molar-refractivity contribution in [2.75, 3.05) is 0 Å². The van der Waals surface area contributed by atoms with E-state index in [-0.39, 0.29) is 23.8 Å². The topological polar surface area (TPSA) is 78.4 Å². The lowest BCUT2D eigenvalue weighted by atomic mass is 10.1. The van der Waals surface area contributed by atoms with Gasteiger partial charge < -0.3 is 5.32 Å². The summed E-state index contributed by atoms with van der Waals surface area (Å²) in [7, 11) is 0. The summed E-state index contributed by atoms with van der Waals surface area (Å²) in [5.41, 5.74) is 2.91. The molecule has 0 unspecified atom stereocenters. The first-order valence-corrected chi connectivity index (χ1v) is 6.17. The molecule has 0 aliphatic rings. The number of halogens is 1. The largest absolute Gasteiger partial charge is 0.348 e. The molecule has 2 amide bonds. The summed E-state index contributed by atoms with van der Waals surface area (Å²) >= 11 is 0. The van der Waals surface area contributed by atoms with Crippen LogP contribution in [0.2, 0.25) is 0 Å². The van der Waals surface area contributed by atoms with Crippen molar-refractivity contribution in [3.8, 4) is 0 Å². The van der Waals surface area contributed by atoms with E-state index in [0.29, 0.717) is 5.56 Å². The second-order valence-corrected chi connectivity index (χ2v) is 4.33. The third-order valence-corrected chi connectivity index (χ3v) is 2.88. The van der Waals surface area contributed by atoms with Gasteiger partial charge in [-0.2, -0.15) is 0 Å². The van der Waals surface area contributed by atoms with Gasteiger partial charge >= 0.3 is 0 Å². The molecule has 21 heavy (non-hydrogen) atoms. The van der Waals surface area contributed by atoms with Crippen molar-refractivity contribution in [1.29, 1.82) is 0 Å². The maximum atomic E-state index is 12.7. The Bertz CT molecular complexity index is 639. The summed E-state index contributed by atoms with van der Waals surface area (Å²) in [5.74, 6) is -1.29. The van der Waals surface area contributed by atoms with Gasteiger partial charge in [0, 0.05) is 17.7 Å². The van der Waals surface area contributed by atoms with Gasteiger partial charge in [0.2, 0.25) is 0 Å². The molecular weight excluding hydrogens is 275 g/mol. The molecule has 0 aliphatic heterocycles. The van der Waals surface area contributed by atoms with Crippen molar-refractivity contribution in [3.05, 3.63) is 71.0 Å². The molecule has 3 N–H and O–H groups in total. The minimum Gasteiger partial charge on any atom is -0.348 e. The van der Waals surface area contributed by atoms with Crippen LogP contribution in [0.4, 0.5) is 4.39 Å². The second kappa shape index (κ2) is 6.62. The van der Waals surface area contributed by atoms with Gasteiger partial charge in [-0.05, 0) is 42.0 Å². The highest BCUT2D eigenvalue weighted by molar-refractivity contribution is 5.97. The van der Waals surface area contributed by atoms with E-state index in [4.69, 9.17) is 5.21 Å². The molecule has 0 saturated carbocycles.